The van der Waals surface area contributed by atoms with E-state index in [1.165, 1.54) is 18.2 Å². The summed E-state index contributed by atoms with van der Waals surface area (Å²) in [6, 6.07) is 4.05. The number of nitro benzene ring substituents is 1. The smallest absolute Gasteiger partial charge is 0.341 e. The maximum atomic E-state index is 10.4. The van der Waals surface area contributed by atoms with Crippen molar-refractivity contribution in [2.75, 3.05) is 6.61 Å². The summed E-state index contributed by atoms with van der Waals surface area (Å²) in [6.07, 6.45) is 0. The molecule has 0 heterocycles. The summed E-state index contributed by atoms with van der Waals surface area (Å²) in [4.78, 5) is 20.1. The third kappa shape index (κ3) is 2.94. The summed E-state index contributed by atoms with van der Waals surface area (Å²) in [5, 5.41) is 18.8. The highest BCUT2D eigenvalue weighted by molar-refractivity contribution is 5.68. The number of carboxylic acids is 1. The van der Waals surface area contributed by atoms with Crippen LogP contribution in [0.1, 0.15) is 5.56 Å². The molecule has 0 saturated carbocycles. The van der Waals surface area contributed by atoms with Gasteiger partial charge in [0, 0.05) is 6.07 Å². The number of ether oxygens (including phenoxy) is 1. The fourth-order valence-corrected chi connectivity index (χ4v) is 0.997. The van der Waals surface area contributed by atoms with Gasteiger partial charge < -0.3 is 9.84 Å². The van der Waals surface area contributed by atoms with Crippen molar-refractivity contribution in [1.82, 2.24) is 0 Å². The van der Waals surface area contributed by atoms with Gasteiger partial charge in [0.1, 0.15) is 5.75 Å². The van der Waals surface area contributed by atoms with Gasteiger partial charge in [-0.2, -0.15) is 0 Å². The molecule has 0 spiro atoms. The van der Waals surface area contributed by atoms with Gasteiger partial charge in [-0.25, -0.2) is 4.79 Å². The molecular weight excluding hydrogens is 202 g/mol. The number of nitro groups is 1. The van der Waals surface area contributed by atoms with E-state index in [0.717, 1.165) is 0 Å². The van der Waals surface area contributed by atoms with Crippen LogP contribution in [-0.4, -0.2) is 22.6 Å². The zero-order valence-electron chi connectivity index (χ0n) is 7.97. The van der Waals surface area contributed by atoms with Gasteiger partial charge in [-0.3, -0.25) is 10.1 Å². The van der Waals surface area contributed by atoms with Crippen molar-refractivity contribution < 1.29 is 19.6 Å². The predicted molar refractivity (Wildman–Crippen MR) is 51.0 cm³/mol. The molecule has 6 heteroatoms. The van der Waals surface area contributed by atoms with E-state index in [1.54, 1.807) is 6.92 Å². The van der Waals surface area contributed by atoms with Crippen LogP contribution in [0.3, 0.4) is 0 Å². The molecule has 0 bridgehead atoms. The first kappa shape index (κ1) is 11.0. The highest BCUT2D eigenvalue weighted by atomic mass is 16.6. The van der Waals surface area contributed by atoms with Crippen molar-refractivity contribution in [3.8, 4) is 5.75 Å². The second-order valence-corrected chi connectivity index (χ2v) is 2.89. The number of carboxylic acid groups (broad SMARTS) is 1. The molecule has 0 fully saturated rings. The minimum Gasteiger partial charge on any atom is -0.481 e. The molecule has 0 aliphatic carbocycles. The Hall–Kier alpha value is -2.11. The molecule has 0 saturated heterocycles. The van der Waals surface area contributed by atoms with Crippen molar-refractivity contribution in [2.45, 2.75) is 6.92 Å². The minimum atomic E-state index is -1.12. The van der Waals surface area contributed by atoms with Crippen molar-refractivity contribution >= 4 is 11.7 Å². The molecule has 15 heavy (non-hydrogen) atoms. The molecule has 0 aliphatic heterocycles. The molecule has 1 aromatic carbocycles. The van der Waals surface area contributed by atoms with Crippen LogP contribution in [0.15, 0.2) is 18.2 Å². The third-order valence-electron chi connectivity index (χ3n) is 1.73. The Labute approximate surface area is 85.2 Å². The Morgan fingerprint density at radius 1 is 1.60 bits per heavy atom. The van der Waals surface area contributed by atoms with E-state index in [4.69, 9.17) is 9.84 Å². The van der Waals surface area contributed by atoms with Crippen LogP contribution < -0.4 is 4.74 Å². The molecule has 0 radical (unpaired) electrons. The van der Waals surface area contributed by atoms with E-state index < -0.39 is 17.5 Å². The minimum absolute atomic E-state index is 0.124. The number of hydrogen-bond donors (Lipinski definition) is 1. The average molecular weight is 211 g/mol. The Bertz CT molecular complexity index is 401. The topological polar surface area (TPSA) is 89.7 Å². The fraction of sp³-hybridized carbons (Fsp3) is 0.222. The zero-order chi connectivity index (χ0) is 11.4. The summed E-state index contributed by atoms with van der Waals surface area (Å²) >= 11 is 0. The summed E-state index contributed by atoms with van der Waals surface area (Å²) < 4.78 is 4.89. The van der Waals surface area contributed by atoms with Gasteiger partial charge in [-0.05, 0) is 18.6 Å². The number of nitrogens with zero attached hydrogens (tertiary/aromatic N) is 1. The largest absolute Gasteiger partial charge is 0.481 e. The molecule has 1 rings (SSSR count). The van der Waals surface area contributed by atoms with Gasteiger partial charge in [0.25, 0.3) is 5.69 Å². The van der Waals surface area contributed by atoms with Gasteiger partial charge in [-0.1, -0.05) is 0 Å². The quantitative estimate of drug-likeness (QED) is 0.600. The van der Waals surface area contributed by atoms with Crippen molar-refractivity contribution in [1.29, 1.82) is 0 Å². The normalized spacial score (nSPS) is 9.67. The summed E-state index contributed by atoms with van der Waals surface area (Å²) in [7, 11) is 0. The van der Waals surface area contributed by atoms with Gasteiger partial charge >= 0.3 is 5.97 Å². The molecule has 0 aliphatic rings. The van der Waals surface area contributed by atoms with E-state index in [9.17, 15) is 14.9 Å². The van der Waals surface area contributed by atoms with Gasteiger partial charge in [0.2, 0.25) is 0 Å². The van der Waals surface area contributed by atoms with Gasteiger partial charge in [0.05, 0.1) is 11.0 Å². The lowest BCUT2D eigenvalue weighted by Crippen LogP contribution is -2.10. The lowest BCUT2D eigenvalue weighted by molar-refractivity contribution is -0.384. The van der Waals surface area contributed by atoms with Gasteiger partial charge in [0.15, 0.2) is 6.61 Å². The number of benzene rings is 1. The summed E-state index contributed by atoms with van der Waals surface area (Å²) in [6.45, 7) is 1.17. The fourth-order valence-electron chi connectivity index (χ4n) is 0.997. The van der Waals surface area contributed by atoms with Crippen molar-refractivity contribution in [3.63, 3.8) is 0 Å². The SMILES string of the molecule is Cc1ccc([N+](=O)[O-])cc1OCC(=O)O. The van der Waals surface area contributed by atoms with Crippen LogP contribution in [-0.2, 0) is 4.79 Å². The second-order valence-electron chi connectivity index (χ2n) is 2.89. The maximum absolute atomic E-state index is 10.4. The van der Waals surface area contributed by atoms with E-state index >= 15 is 0 Å². The summed E-state index contributed by atoms with van der Waals surface area (Å²) in [5.41, 5.74) is 0.530. The highest BCUT2D eigenvalue weighted by Gasteiger charge is 2.10. The van der Waals surface area contributed by atoms with Crippen LogP contribution in [0, 0.1) is 17.0 Å². The zero-order valence-corrected chi connectivity index (χ0v) is 7.97. The molecular formula is C9H9NO5. The number of non-ortho nitro benzene ring substituents is 1. The third-order valence-corrected chi connectivity index (χ3v) is 1.73. The first-order valence-corrected chi connectivity index (χ1v) is 4.10. The summed E-state index contributed by atoms with van der Waals surface area (Å²) in [5.74, 6) is -0.910. The number of carbonyl (C=O) groups is 1. The standard InChI is InChI=1S/C9H9NO5/c1-6-2-3-7(10(13)14)4-8(6)15-5-9(11)12/h2-4H,5H2,1H3,(H,11,12). The van der Waals surface area contributed by atoms with Crippen LogP contribution >= 0.6 is 0 Å². The monoisotopic (exact) mass is 211 g/mol. The molecule has 80 valence electrons. The van der Waals surface area contributed by atoms with Crippen LogP contribution in [0.4, 0.5) is 5.69 Å². The molecule has 0 unspecified atom stereocenters. The van der Waals surface area contributed by atoms with Gasteiger partial charge in [-0.15, -0.1) is 0 Å². The Kier molecular flexibility index (Phi) is 3.22. The Balaban J connectivity index is 2.90. The number of aliphatic carboxylic acids is 1. The van der Waals surface area contributed by atoms with E-state index in [-0.39, 0.29) is 11.4 Å². The lowest BCUT2D eigenvalue weighted by atomic mass is 10.2. The predicted octanol–water partition coefficient (Wildman–Crippen LogP) is 1.37. The molecule has 6 nitrogen and oxygen atoms in total. The first-order chi connectivity index (χ1) is 7.00. The second kappa shape index (κ2) is 4.41. The van der Waals surface area contributed by atoms with Crippen LogP contribution in [0.5, 0.6) is 5.75 Å². The Morgan fingerprint density at radius 2 is 2.27 bits per heavy atom. The van der Waals surface area contributed by atoms with Crippen LogP contribution in [0.2, 0.25) is 0 Å². The van der Waals surface area contributed by atoms with E-state index in [1.807, 2.05) is 0 Å². The molecule has 0 atom stereocenters. The average Bonchev–Trinajstić information content (AvgIpc) is 2.16. The molecule has 1 aromatic rings. The highest BCUT2D eigenvalue weighted by Crippen LogP contribution is 2.23. The molecule has 0 aromatic heterocycles. The maximum Gasteiger partial charge on any atom is 0.341 e. The van der Waals surface area contributed by atoms with E-state index in [2.05, 4.69) is 0 Å². The number of hydrogen-bond acceptors (Lipinski definition) is 4. The van der Waals surface area contributed by atoms with Crippen molar-refractivity contribution in [3.05, 3.63) is 33.9 Å². The molecule has 0 amide bonds. The van der Waals surface area contributed by atoms with E-state index in [0.29, 0.717) is 5.56 Å². The Morgan fingerprint density at radius 3 is 2.80 bits per heavy atom. The lowest BCUT2D eigenvalue weighted by Gasteiger charge is -2.05. The molecule has 1 N–H and O–H groups in total. The number of aryl methyl sites for hydroxylation is 1. The van der Waals surface area contributed by atoms with Crippen LogP contribution in [0.25, 0.3) is 0 Å². The van der Waals surface area contributed by atoms with Crippen molar-refractivity contribution in [2.24, 2.45) is 0 Å². The number of rotatable bonds is 4. The first-order valence-electron chi connectivity index (χ1n) is 4.10.